The summed E-state index contributed by atoms with van der Waals surface area (Å²) in [5.74, 6) is -1.05. The Balaban J connectivity index is 5.02. The summed E-state index contributed by atoms with van der Waals surface area (Å²) in [5, 5.41) is 25.5. The summed E-state index contributed by atoms with van der Waals surface area (Å²) in [5.41, 5.74) is -0.836. The van der Waals surface area contributed by atoms with Crippen LogP contribution in [0, 0.1) is 5.41 Å². The van der Waals surface area contributed by atoms with E-state index >= 15 is 0 Å². The van der Waals surface area contributed by atoms with Crippen molar-refractivity contribution in [2.45, 2.75) is 32.6 Å². The minimum absolute atomic E-state index is 0.00974. The third-order valence-corrected chi connectivity index (χ3v) is 4.77. The van der Waals surface area contributed by atoms with E-state index in [0.717, 1.165) is 35.3 Å². The number of thioether (sulfide) groups is 3. The molecule has 122 valence electrons. The van der Waals surface area contributed by atoms with Crippen molar-refractivity contribution in [3.63, 3.8) is 0 Å². The second-order valence-electron chi connectivity index (χ2n) is 4.32. The van der Waals surface area contributed by atoms with Gasteiger partial charge >= 0.3 is 0 Å². The second-order valence-corrected chi connectivity index (χ2v) is 7.33. The normalized spacial score (nSPS) is 11.4. The van der Waals surface area contributed by atoms with Crippen molar-refractivity contribution in [1.29, 1.82) is 0 Å². The number of hydrogen-bond donors (Lipinski definition) is 3. The SMILES string of the molecule is CCC(CC(=O)SCO)(CC(=O)SCO)CC(=O)SCO. The molecule has 0 fully saturated rings. The number of hydrogen-bond acceptors (Lipinski definition) is 9. The lowest BCUT2D eigenvalue weighted by Gasteiger charge is -2.30. The maximum Gasteiger partial charge on any atom is 0.191 e. The third-order valence-electron chi connectivity index (χ3n) is 2.98. The van der Waals surface area contributed by atoms with Crippen LogP contribution in [0.4, 0.5) is 0 Å². The second kappa shape index (κ2) is 11.5. The third kappa shape index (κ3) is 8.84. The lowest BCUT2D eigenvalue weighted by atomic mass is 9.77. The highest BCUT2D eigenvalue weighted by atomic mass is 32.2. The van der Waals surface area contributed by atoms with Crippen molar-refractivity contribution in [1.82, 2.24) is 0 Å². The molecule has 0 aliphatic heterocycles. The minimum atomic E-state index is -0.836. The Kier molecular flexibility index (Phi) is 11.5. The van der Waals surface area contributed by atoms with E-state index in [2.05, 4.69) is 0 Å². The highest BCUT2D eigenvalue weighted by Gasteiger charge is 2.36. The number of carbonyl (C=O) groups is 3. The van der Waals surface area contributed by atoms with Crippen molar-refractivity contribution in [3.05, 3.63) is 0 Å². The Morgan fingerprint density at radius 1 is 0.762 bits per heavy atom. The molecule has 6 nitrogen and oxygen atoms in total. The Labute approximate surface area is 136 Å². The number of aliphatic hydroxyl groups is 3. The van der Waals surface area contributed by atoms with Crippen molar-refractivity contribution in [3.8, 4) is 0 Å². The van der Waals surface area contributed by atoms with Crippen molar-refractivity contribution in [2.75, 3.05) is 17.8 Å². The van der Waals surface area contributed by atoms with Gasteiger partial charge in [-0.25, -0.2) is 0 Å². The van der Waals surface area contributed by atoms with Crippen LogP contribution in [-0.4, -0.2) is 48.5 Å². The maximum absolute atomic E-state index is 11.8. The summed E-state index contributed by atoms with van der Waals surface area (Å²) in [7, 11) is 0. The van der Waals surface area contributed by atoms with Crippen LogP contribution in [0.5, 0.6) is 0 Å². The Morgan fingerprint density at radius 2 is 1.05 bits per heavy atom. The molecule has 0 rings (SSSR count). The average molecular weight is 356 g/mol. The predicted molar refractivity (Wildman–Crippen MR) is 85.6 cm³/mol. The van der Waals surface area contributed by atoms with E-state index in [4.69, 9.17) is 15.3 Å². The van der Waals surface area contributed by atoms with Crippen molar-refractivity contribution in [2.24, 2.45) is 5.41 Å². The summed E-state index contributed by atoms with van der Waals surface area (Å²) < 4.78 is 0. The van der Waals surface area contributed by atoms with Crippen molar-refractivity contribution < 1.29 is 29.7 Å². The van der Waals surface area contributed by atoms with E-state index in [-0.39, 0.29) is 52.4 Å². The van der Waals surface area contributed by atoms with Crippen LogP contribution in [-0.2, 0) is 14.4 Å². The fourth-order valence-corrected chi connectivity index (χ4v) is 3.51. The smallest absolute Gasteiger partial charge is 0.191 e. The lowest BCUT2D eigenvalue weighted by Crippen LogP contribution is -2.28. The first kappa shape index (κ1) is 20.9. The molecular weight excluding hydrogens is 336 g/mol. The van der Waals surface area contributed by atoms with Crippen LogP contribution >= 0.6 is 35.3 Å². The van der Waals surface area contributed by atoms with Gasteiger partial charge in [0.15, 0.2) is 15.3 Å². The molecule has 9 heteroatoms. The summed E-state index contributed by atoms with van der Waals surface area (Å²) in [6, 6.07) is 0. The molecule has 0 aromatic heterocycles. The van der Waals surface area contributed by atoms with E-state index < -0.39 is 5.41 Å². The van der Waals surface area contributed by atoms with Gasteiger partial charge in [-0.05, 0) is 11.8 Å². The highest BCUT2D eigenvalue weighted by Crippen LogP contribution is 2.39. The summed E-state index contributed by atoms with van der Waals surface area (Å²) in [6.07, 6.45) is 0.402. The predicted octanol–water partition coefficient (Wildman–Crippen LogP) is 1.18. The molecule has 0 aliphatic carbocycles. The number of rotatable bonds is 10. The fourth-order valence-electron chi connectivity index (χ4n) is 1.85. The van der Waals surface area contributed by atoms with Crippen LogP contribution in [0.1, 0.15) is 32.6 Å². The van der Waals surface area contributed by atoms with Gasteiger partial charge in [0.25, 0.3) is 0 Å². The van der Waals surface area contributed by atoms with Crippen LogP contribution in [0.15, 0.2) is 0 Å². The van der Waals surface area contributed by atoms with E-state index in [0.29, 0.717) is 6.42 Å². The van der Waals surface area contributed by atoms with Crippen molar-refractivity contribution >= 4 is 50.6 Å². The molecule has 0 amide bonds. The van der Waals surface area contributed by atoms with Gasteiger partial charge in [0.2, 0.25) is 0 Å². The molecule has 0 heterocycles. The monoisotopic (exact) mass is 356 g/mol. The largest absolute Gasteiger partial charge is 0.385 e. The molecule has 0 unspecified atom stereocenters. The standard InChI is InChI=1S/C12H20O6S3/c1-2-12(3-9(16)19-6-13,4-10(17)20-7-14)5-11(18)21-8-15/h13-15H,2-8H2,1H3. The highest BCUT2D eigenvalue weighted by molar-refractivity contribution is 8.14. The Bertz CT molecular complexity index is 311. The zero-order valence-electron chi connectivity index (χ0n) is 11.7. The van der Waals surface area contributed by atoms with E-state index in [1.165, 1.54) is 0 Å². The van der Waals surface area contributed by atoms with Crippen LogP contribution in [0.25, 0.3) is 0 Å². The van der Waals surface area contributed by atoms with Gasteiger partial charge in [-0.2, -0.15) is 0 Å². The quantitative estimate of drug-likeness (QED) is 0.497. The molecule has 21 heavy (non-hydrogen) atoms. The molecule has 0 spiro atoms. The van der Waals surface area contributed by atoms with Gasteiger partial charge in [0.1, 0.15) is 0 Å². The Hall–Kier alpha value is -0.0600. The zero-order chi connectivity index (χ0) is 16.3. The summed E-state index contributed by atoms with van der Waals surface area (Å²) in [4.78, 5) is 35.3. The van der Waals surface area contributed by atoms with E-state index in [9.17, 15) is 14.4 Å². The van der Waals surface area contributed by atoms with Gasteiger partial charge in [-0.1, -0.05) is 42.2 Å². The van der Waals surface area contributed by atoms with Crippen LogP contribution in [0.2, 0.25) is 0 Å². The molecule has 0 bridgehead atoms. The molecule has 0 radical (unpaired) electrons. The number of carbonyl (C=O) groups excluding carboxylic acids is 3. The molecule has 0 atom stereocenters. The van der Waals surface area contributed by atoms with Crippen LogP contribution < -0.4 is 0 Å². The first-order chi connectivity index (χ1) is 9.92. The minimum Gasteiger partial charge on any atom is -0.385 e. The van der Waals surface area contributed by atoms with E-state index in [1.54, 1.807) is 6.92 Å². The van der Waals surface area contributed by atoms with Gasteiger partial charge in [-0.15, -0.1) is 0 Å². The van der Waals surface area contributed by atoms with E-state index in [1.807, 2.05) is 0 Å². The molecule has 0 aromatic carbocycles. The molecule has 0 aromatic rings. The van der Waals surface area contributed by atoms with Gasteiger partial charge in [0, 0.05) is 19.3 Å². The first-order valence-electron chi connectivity index (χ1n) is 6.22. The Morgan fingerprint density at radius 3 is 1.24 bits per heavy atom. The summed E-state index contributed by atoms with van der Waals surface area (Å²) >= 11 is 2.21. The number of aliphatic hydroxyl groups excluding tert-OH is 3. The molecule has 0 saturated heterocycles. The summed E-state index contributed by atoms with van der Waals surface area (Å²) in [6.45, 7) is 1.78. The fraction of sp³-hybridized carbons (Fsp3) is 0.750. The van der Waals surface area contributed by atoms with Gasteiger partial charge in [0.05, 0.1) is 17.8 Å². The topological polar surface area (TPSA) is 112 Å². The first-order valence-corrected chi connectivity index (χ1v) is 9.18. The molecule has 0 aliphatic rings. The maximum atomic E-state index is 11.8. The van der Waals surface area contributed by atoms with Gasteiger partial charge in [-0.3, -0.25) is 14.4 Å². The molecule has 0 saturated carbocycles. The average Bonchev–Trinajstić information content (AvgIpc) is 2.39. The van der Waals surface area contributed by atoms with Crippen LogP contribution in [0.3, 0.4) is 0 Å². The van der Waals surface area contributed by atoms with Gasteiger partial charge < -0.3 is 15.3 Å². The lowest BCUT2D eigenvalue weighted by molar-refractivity contribution is -0.118. The molecular formula is C12H20O6S3. The molecule has 3 N–H and O–H groups in total. The zero-order valence-corrected chi connectivity index (χ0v) is 14.2.